The van der Waals surface area contributed by atoms with Crippen molar-refractivity contribution in [1.82, 2.24) is 5.32 Å². The van der Waals surface area contributed by atoms with E-state index < -0.39 is 0 Å². The van der Waals surface area contributed by atoms with Crippen molar-refractivity contribution in [3.8, 4) is 0 Å². The molecular weight excluding hydrogens is 186 g/mol. The normalized spacial score (nSPS) is 10.1. The lowest BCUT2D eigenvalue weighted by Gasteiger charge is -2.04. The highest BCUT2D eigenvalue weighted by Gasteiger charge is 1.99. The number of hydrogen-bond donors (Lipinski definition) is 1. The van der Waals surface area contributed by atoms with Crippen LogP contribution < -0.4 is 5.32 Å². The third-order valence-electron chi connectivity index (χ3n) is 1.37. The van der Waals surface area contributed by atoms with E-state index in [-0.39, 0.29) is 5.97 Å². The predicted octanol–water partition coefficient (Wildman–Crippen LogP) is 0.497. The van der Waals surface area contributed by atoms with Gasteiger partial charge in [-0.1, -0.05) is 0 Å². The molecule has 0 radical (unpaired) electrons. The molecule has 0 spiro atoms. The number of ether oxygens (including phenoxy) is 1. The molecule has 0 aliphatic rings. The molecule has 0 unspecified atom stereocenters. The molecule has 14 heavy (non-hydrogen) atoms. The van der Waals surface area contributed by atoms with Crippen molar-refractivity contribution in [3.05, 3.63) is 0 Å². The quantitative estimate of drug-likeness (QED) is 0.257. The number of esters is 1. The van der Waals surface area contributed by atoms with Crippen molar-refractivity contribution in [2.75, 3.05) is 32.9 Å². The smallest absolute Gasteiger partial charge is 0.307 e. The van der Waals surface area contributed by atoms with Gasteiger partial charge in [0.15, 0.2) is 0 Å². The number of nitrogens with one attached hydrogen (secondary N) is 1. The second-order valence-corrected chi connectivity index (χ2v) is 2.53. The molecule has 5 heteroatoms. The Morgan fingerprint density at radius 2 is 1.93 bits per heavy atom. The van der Waals surface area contributed by atoms with Gasteiger partial charge in [-0.05, 0) is 13.8 Å². The minimum Gasteiger partial charge on any atom is -0.466 e. The van der Waals surface area contributed by atoms with Crippen molar-refractivity contribution in [3.63, 3.8) is 0 Å². The van der Waals surface area contributed by atoms with Gasteiger partial charge in [-0.25, -0.2) is 9.78 Å². The number of rotatable bonds is 9. The van der Waals surface area contributed by atoms with Crippen molar-refractivity contribution < 1.29 is 19.3 Å². The highest BCUT2D eigenvalue weighted by Crippen LogP contribution is 1.84. The molecule has 5 nitrogen and oxygen atoms in total. The van der Waals surface area contributed by atoms with Crippen LogP contribution in [0.2, 0.25) is 0 Å². The Balaban J connectivity index is 3.01. The van der Waals surface area contributed by atoms with E-state index in [0.717, 1.165) is 0 Å². The molecule has 0 amide bonds. The molecule has 0 aromatic rings. The van der Waals surface area contributed by atoms with E-state index in [1.54, 1.807) is 6.92 Å². The van der Waals surface area contributed by atoms with E-state index in [9.17, 15) is 4.79 Å². The highest BCUT2D eigenvalue weighted by atomic mass is 17.2. The predicted molar refractivity (Wildman–Crippen MR) is 51.7 cm³/mol. The molecule has 0 fully saturated rings. The van der Waals surface area contributed by atoms with Crippen molar-refractivity contribution >= 4 is 5.97 Å². The lowest BCUT2D eigenvalue weighted by atomic mass is 10.4. The van der Waals surface area contributed by atoms with Gasteiger partial charge in [-0.3, -0.25) is 4.79 Å². The van der Waals surface area contributed by atoms with Gasteiger partial charge in [0.25, 0.3) is 0 Å². The van der Waals surface area contributed by atoms with Crippen molar-refractivity contribution in [2.45, 2.75) is 20.3 Å². The highest BCUT2D eigenvalue weighted by molar-refractivity contribution is 5.69. The first-order valence-corrected chi connectivity index (χ1v) is 4.92. The second-order valence-electron chi connectivity index (χ2n) is 2.53. The maximum Gasteiger partial charge on any atom is 0.307 e. The molecular formula is C9H19NO4. The lowest BCUT2D eigenvalue weighted by molar-refractivity contribution is -0.289. The summed E-state index contributed by atoms with van der Waals surface area (Å²) in [4.78, 5) is 20.3. The SMILES string of the molecule is CCOOCCNCCC(=O)OCC. The van der Waals surface area contributed by atoms with Crippen LogP contribution in [0.3, 0.4) is 0 Å². The third-order valence-corrected chi connectivity index (χ3v) is 1.37. The topological polar surface area (TPSA) is 56.8 Å². The monoisotopic (exact) mass is 205 g/mol. The van der Waals surface area contributed by atoms with E-state index in [4.69, 9.17) is 9.62 Å². The van der Waals surface area contributed by atoms with Crippen molar-refractivity contribution in [2.24, 2.45) is 0 Å². The first-order chi connectivity index (χ1) is 6.81. The maximum absolute atomic E-state index is 10.9. The van der Waals surface area contributed by atoms with E-state index in [2.05, 4.69) is 10.2 Å². The van der Waals surface area contributed by atoms with Crippen LogP contribution in [0, 0.1) is 0 Å². The summed E-state index contributed by atoms with van der Waals surface area (Å²) in [6.07, 6.45) is 0.391. The molecule has 1 N–H and O–H groups in total. The van der Waals surface area contributed by atoms with Crippen LogP contribution in [0.25, 0.3) is 0 Å². The minimum atomic E-state index is -0.175. The average Bonchev–Trinajstić information content (AvgIpc) is 2.17. The fourth-order valence-electron chi connectivity index (χ4n) is 0.805. The minimum absolute atomic E-state index is 0.175. The molecule has 0 aromatic heterocycles. The van der Waals surface area contributed by atoms with Gasteiger partial charge >= 0.3 is 5.97 Å². The van der Waals surface area contributed by atoms with Crippen LogP contribution in [-0.4, -0.2) is 38.9 Å². The van der Waals surface area contributed by atoms with E-state index in [0.29, 0.717) is 39.3 Å². The molecule has 0 bridgehead atoms. The summed E-state index contributed by atoms with van der Waals surface area (Å²) in [6.45, 7) is 6.38. The van der Waals surface area contributed by atoms with E-state index >= 15 is 0 Å². The fourth-order valence-corrected chi connectivity index (χ4v) is 0.805. The molecule has 0 saturated carbocycles. The van der Waals surface area contributed by atoms with Crippen molar-refractivity contribution in [1.29, 1.82) is 0 Å². The summed E-state index contributed by atoms with van der Waals surface area (Å²) in [5.41, 5.74) is 0. The standard InChI is InChI=1S/C9H19NO4/c1-3-12-9(11)5-6-10-7-8-14-13-4-2/h10H,3-8H2,1-2H3. The molecule has 0 rings (SSSR count). The first-order valence-electron chi connectivity index (χ1n) is 4.92. The summed E-state index contributed by atoms with van der Waals surface area (Å²) in [7, 11) is 0. The Hall–Kier alpha value is -0.650. The zero-order chi connectivity index (χ0) is 10.6. The summed E-state index contributed by atoms with van der Waals surface area (Å²) in [6, 6.07) is 0. The summed E-state index contributed by atoms with van der Waals surface area (Å²) < 4.78 is 4.75. The molecule has 0 heterocycles. The molecule has 0 aliphatic heterocycles. The average molecular weight is 205 g/mol. The number of carbonyl (C=O) groups is 1. The Morgan fingerprint density at radius 1 is 1.14 bits per heavy atom. The summed E-state index contributed by atoms with van der Waals surface area (Å²) in [5.74, 6) is -0.175. The first kappa shape index (κ1) is 13.4. The van der Waals surface area contributed by atoms with E-state index in [1.165, 1.54) is 0 Å². The lowest BCUT2D eigenvalue weighted by Crippen LogP contribution is -2.23. The van der Waals surface area contributed by atoms with Gasteiger partial charge < -0.3 is 10.1 Å². The summed E-state index contributed by atoms with van der Waals surface area (Å²) >= 11 is 0. The van der Waals surface area contributed by atoms with Crippen LogP contribution in [0.4, 0.5) is 0 Å². The Bertz CT molecular complexity index is 141. The summed E-state index contributed by atoms with van der Waals surface area (Å²) in [5, 5.41) is 3.03. The second kappa shape index (κ2) is 10.4. The van der Waals surface area contributed by atoms with Crippen LogP contribution in [0.1, 0.15) is 20.3 Å². The van der Waals surface area contributed by atoms with Gasteiger partial charge in [0, 0.05) is 13.1 Å². The molecule has 0 atom stereocenters. The van der Waals surface area contributed by atoms with Gasteiger partial charge in [0.05, 0.1) is 26.2 Å². The van der Waals surface area contributed by atoms with Crippen LogP contribution >= 0.6 is 0 Å². The molecule has 0 aliphatic carbocycles. The fraction of sp³-hybridized carbons (Fsp3) is 0.889. The van der Waals surface area contributed by atoms with Crippen LogP contribution in [0.5, 0.6) is 0 Å². The van der Waals surface area contributed by atoms with E-state index in [1.807, 2.05) is 6.92 Å². The Kier molecular flexibility index (Phi) is 9.95. The zero-order valence-corrected chi connectivity index (χ0v) is 8.88. The maximum atomic E-state index is 10.9. The largest absolute Gasteiger partial charge is 0.466 e. The molecule has 84 valence electrons. The Labute approximate surface area is 84.6 Å². The van der Waals surface area contributed by atoms with Crippen LogP contribution in [0.15, 0.2) is 0 Å². The van der Waals surface area contributed by atoms with Gasteiger partial charge in [-0.2, -0.15) is 0 Å². The van der Waals surface area contributed by atoms with Gasteiger partial charge in [0.2, 0.25) is 0 Å². The number of hydrogen-bond acceptors (Lipinski definition) is 5. The van der Waals surface area contributed by atoms with Crippen LogP contribution in [-0.2, 0) is 19.3 Å². The molecule has 0 aromatic carbocycles. The van der Waals surface area contributed by atoms with Gasteiger partial charge in [-0.15, -0.1) is 0 Å². The molecule has 0 saturated heterocycles. The van der Waals surface area contributed by atoms with Gasteiger partial charge in [0.1, 0.15) is 0 Å². The zero-order valence-electron chi connectivity index (χ0n) is 8.88. The Morgan fingerprint density at radius 3 is 2.57 bits per heavy atom. The third kappa shape index (κ3) is 9.44. The number of carbonyl (C=O) groups excluding carboxylic acids is 1.